The van der Waals surface area contributed by atoms with Gasteiger partial charge in [-0.1, -0.05) is 62.4 Å². The van der Waals surface area contributed by atoms with Crippen molar-refractivity contribution in [3.05, 3.63) is 82.4 Å². The van der Waals surface area contributed by atoms with Gasteiger partial charge in [-0.05, 0) is 83.3 Å². The number of likely N-dealkylation sites (N-methyl/N-ethyl adjacent to an activating group) is 1. The number of hydrogen-bond acceptors (Lipinski definition) is 3. The van der Waals surface area contributed by atoms with Crippen LogP contribution in [0.25, 0.3) is 16.8 Å². The normalized spacial score (nSPS) is 19.1. The van der Waals surface area contributed by atoms with E-state index in [0.29, 0.717) is 30.3 Å². The smallest absolute Gasteiger partial charge is 0.131 e. The Hall–Kier alpha value is -2.95. The van der Waals surface area contributed by atoms with Gasteiger partial charge in [-0.3, -0.25) is 4.90 Å². The van der Waals surface area contributed by atoms with Crippen LogP contribution in [-0.4, -0.2) is 38.0 Å². The first kappa shape index (κ1) is 23.8. The maximum atomic E-state index is 6.76. The van der Waals surface area contributed by atoms with Crippen molar-refractivity contribution in [2.75, 3.05) is 27.3 Å². The molecule has 0 saturated heterocycles. The fraction of sp³-hybridized carbons (Fsp3) is 0.387. The van der Waals surface area contributed by atoms with Crippen LogP contribution in [-0.2, 0) is 11.2 Å². The van der Waals surface area contributed by atoms with Crippen LogP contribution in [0, 0.1) is 5.92 Å². The molecule has 0 spiro atoms. The predicted molar refractivity (Wildman–Crippen MR) is 148 cm³/mol. The number of benzene rings is 3. The molecule has 3 aromatic carbocycles. The Morgan fingerprint density at radius 1 is 1.17 bits per heavy atom. The highest BCUT2D eigenvalue weighted by atomic mass is 16.5. The standard InChI is InChI=1S/C31H37N3O/c1-20(2)30-27-19-25(14-12-21(27)16-17-34(30)3)33-31(32)26-15-13-23-8-5-7-22(9-6-18-35-4)28(23)29(26)24-10-11-24/h5-9,12-15,19-20,24,30H,10-11,16-18H2,1-4H3,(H2,32,33)/b9-6+. The Morgan fingerprint density at radius 3 is 2.74 bits per heavy atom. The molecule has 1 aliphatic carbocycles. The molecule has 2 aliphatic rings. The molecule has 4 nitrogen and oxygen atoms in total. The molecule has 0 bridgehead atoms. The van der Waals surface area contributed by atoms with Crippen LogP contribution in [0.4, 0.5) is 5.69 Å². The quantitative estimate of drug-likeness (QED) is 0.315. The van der Waals surface area contributed by atoms with E-state index in [4.69, 9.17) is 15.5 Å². The summed E-state index contributed by atoms with van der Waals surface area (Å²) in [6, 6.07) is 17.9. The second kappa shape index (κ2) is 9.96. The van der Waals surface area contributed by atoms with Crippen molar-refractivity contribution in [2.24, 2.45) is 16.6 Å². The minimum absolute atomic E-state index is 0.416. The first-order valence-electron chi connectivity index (χ1n) is 12.9. The fourth-order valence-electron chi connectivity index (χ4n) is 5.76. The maximum absolute atomic E-state index is 6.76. The van der Waals surface area contributed by atoms with Crippen LogP contribution in [0.15, 0.2) is 59.6 Å². The van der Waals surface area contributed by atoms with Gasteiger partial charge >= 0.3 is 0 Å². The molecule has 1 heterocycles. The van der Waals surface area contributed by atoms with Crippen LogP contribution in [0.1, 0.15) is 66.5 Å². The average Bonchev–Trinajstić information content (AvgIpc) is 3.68. The van der Waals surface area contributed by atoms with E-state index in [9.17, 15) is 0 Å². The minimum atomic E-state index is 0.416. The van der Waals surface area contributed by atoms with Crippen molar-refractivity contribution in [1.29, 1.82) is 0 Å². The molecular formula is C31H37N3O. The van der Waals surface area contributed by atoms with Gasteiger partial charge in [0, 0.05) is 25.3 Å². The SMILES string of the molecule is COC/C=C/c1cccc2ccc(C(N)=Nc3ccc4c(c3)C(C(C)C)N(C)CC4)c(C3CC3)c12. The lowest BCUT2D eigenvalue weighted by Gasteiger charge is -2.37. The molecule has 1 aliphatic heterocycles. The lowest BCUT2D eigenvalue weighted by Crippen LogP contribution is -2.35. The zero-order valence-corrected chi connectivity index (χ0v) is 21.4. The third-order valence-corrected chi connectivity index (χ3v) is 7.48. The minimum Gasteiger partial charge on any atom is -0.383 e. The molecule has 182 valence electrons. The van der Waals surface area contributed by atoms with Crippen molar-refractivity contribution in [3.63, 3.8) is 0 Å². The van der Waals surface area contributed by atoms with Gasteiger partial charge in [0.25, 0.3) is 0 Å². The van der Waals surface area contributed by atoms with E-state index >= 15 is 0 Å². The number of fused-ring (bicyclic) bond motifs is 2. The zero-order valence-electron chi connectivity index (χ0n) is 21.4. The summed E-state index contributed by atoms with van der Waals surface area (Å²) in [5.41, 5.74) is 14.2. The number of nitrogens with zero attached hydrogens (tertiary/aromatic N) is 2. The monoisotopic (exact) mass is 467 g/mol. The summed E-state index contributed by atoms with van der Waals surface area (Å²) in [6.45, 7) is 6.30. The van der Waals surface area contributed by atoms with Crippen LogP contribution >= 0.6 is 0 Å². The Morgan fingerprint density at radius 2 is 2.00 bits per heavy atom. The first-order chi connectivity index (χ1) is 17.0. The van der Waals surface area contributed by atoms with Crippen LogP contribution in [0.5, 0.6) is 0 Å². The molecule has 1 saturated carbocycles. The summed E-state index contributed by atoms with van der Waals surface area (Å²) in [5.74, 6) is 1.69. The van der Waals surface area contributed by atoms with E-state index in [2.05, 4.69) is 86.5 Å². The Kier molecular flexibility index (Phi) is 6.77. The predicted octanol–water partition coefficient (Wildman–Crippen LogP) is 6.60. The Balaban J connectivity index is 1.59. The molecule has 0 amide bonds. The number of nitrogens with two attached hydrogens (primary N) is 1. The molecule has 2 N–H and O–H groups in total. The van der Waals surface area contributed by atoms with Gasteiger partial charge in [0.1, 0.15) is 5.84 Å². The van der Waals surface area contributed by atoms with E-state index in [-0.39, 0.29) is 0 Å². The lowest BCUT2D eigenvalue weighted by atomic mass is 9.86. The molecule has 1 atom stereocenters. The van der Waals surface area contributed by atoms with Crippen molar-refractivity contribution >= 4 is 28.4 Å². The number of rotatable bonds is 7. The van der Waals surface area contributed by atoms with Crippen molar-refractivity contribution in [2.45, 2.75) is 45.1 Å². The molecular weight excluding hydrogens is 430 g/mol. The van der Waals surface area contributed by atoms with Crippen LogP contribution in [0.2, 0.25) is 0 Å². The van der Waals surface area contributed by atoms with Gasteiger partial charge in [-0.2, -0.15) is 0 Å². The Bertz CT molecular complexity index is 1290. The second-order valence-corrected chi connectivity index (χ2v) is 10.4. The molecule has 1 fully saturated rings. The molecule has 4 heteroatoms. The molecule has 1 unspecified atom stereocenters. The summed E-state index contributed by atoms with van der Waals surface area (Å²) >= 11 is 0. The van der Waals surface area contributed by atoms with Crippen LogP contribution < -0.4 is 5.73 Å². The largest absolute Gasteiger partial charge is 0.383 e. The molecule has 5 rings (SSSR count). The highest BCUT2D eigenvalue weighted by Gasteiger charge is 2.30. The average molecular weight is 468 g/mol. The van der Waals surface area contributed by atoms with Crippen molar-refractivity contribution < 1.29 is 4.74 Å². The highest BCUT2D eigenvalue weighted by Crippen LogP contribution is 2.46. The topological polar surface area (TPSA) is 50.9 Å². The summed E-state index contributed by atoms with van der Waals surface area (Å²) in [4.78, 5) is 7.45. The maximum Gasteiger partial charge on any atom is 0.131 e. The summed E-state index contributed by atoms with van der Waals surface area (Å²) in [6.07, 6.45) is 7.74. The van der Waals surface area contributed by atoms with Crippen molar-refractivity contribution in [1.82, 2.24) is 4.90 Å². The number of hydrogen-bond donors (Lipinski definition) is 1. The molecule has 0 aromatic heterocycles. The summed E-state index contributed by atoms with van der Waals surface area (Å²) < 4.78 is 5.23. The number of amidine groups is 1. The number of aliphatic imine (C=N–C) groups is 1. The van der Waals surface area contributed by atoms with Crippen molar-refractivity contribution in [3.8, 4) is 0 Å². The molecule has 0 radical (unpaired) electrons. The van der Waals surface area contributed by atoms with E-state index in [1.165, 1.54) is 45.9 Å². The number of ether oxygens (including phenoxy) is 1. The van der Waals surface area contributed by atoms with Gasteiger partial charge in [0.15, 0.2) is 0 Å². The fourth-order valence-corrected chi connectivity index (χ4v) is 5.76. The van der Waals surface area contributed by atoms with E-state index in [0.717, 1.165) is 24.2 Å². The third kappa shape index (κ3) is 4.78. The molecule has 35 heavy (non-hydrogen) atoms. The van der Waals surface area contributed by atoms with E-state index < -0.39 is 0 Å². The van der Waals surface area contributed by atoms with Gasteiger partial charge < -0.3 is 10.5 Å². The van der Waals surface area contributed by atoms with E-state index in [1.54, 1.807) is 7.11 Å². The summed E-state index contributed by atoms with van der Waals surface area (Å²) in [7, 11) is 3.95. The van der Waals surface area contributed by atoms with Gasteiger partial charge in [-0.25, -0.2) is 4.99 Å². The van der Waals surface area contributed by atoms with Gasteiger partial charge in [-0.15, -0.1) is 0 Å². The molecule has 3 aromatic rings. The van der Waals surface area contributed by atoms with E-state index in [1.807, 2.05) is 0 Å². The van der Waals surface area contributed by atoms with Gasteiger partial charge in [0.2, 0.25) is 0 Å². The Labute approximate surface area is 209 Å². The summed E-state index contributed by atoms with van der Waals surface area (Å²) in [5, 5.41) is 2.55. The third-order valence-electron chi connectivity index (χ3n) is 7.48. The second-order valence-electron chi connectivity index (χ2n) is 10.4. The lowest BCUT2D eigenvalue weighted by molar-refractivity contribution is 0.181. The van der Waals surface area contributed by atoms with Crippen LogP contribution in [0.3, 0.4) is 0 Å². The number of methoxy groups -OCH3 is 1. The highest BCUT2D eigenvalue weighted by molar-refractivity contribution is 6.07. The zero-order chi connectivity index (χ0) is 24.5. The van der Waals surface area contributed by atoms with Gasteiger partial charge in [0.05, 0.1) is 12.3 Å². The first-order valence-corrected chi connectivity index (χ1v) is 12.9.